The van der Waals surface area contributed by atoms with Crippen molar-refractivity contribution in [2.45, 2.75) is 32.2 Å². The minimum absolute atomic E-state index is 0.0578. The van der Waals surface area contributed by atoms with E-state index in [0.29, 0.717) is 13.1 Å². The molecule has 168 valence electrons. The average Bonchev–Trinajstić information content (AvgIpc) is 3.52. The Morgan fingerprint density at radius 3 is 3.09 bits per heavy atom. The number of amides is 1. The molecule has 33 heavy (non-hydrogen) atoms. The van der Waals surface area contributed by atoms with E-state index in [9.17, 15) is 4.79 Å². The van der Waals surface area contributed by atoms with E-state index in [1.54, 1.807) is 23.6 Å². The van der Waals surface area contributed by atoms with Crippen LogP contribution in [0.2, 0.25) is 0 Å². The summed E-state index contributed by atoms with van der Waals surface area (Å²) in [6.45, 7) is 4.12. The Morgan fingerprint density at radius 1 is 1.33 bits per heavy atom. The van der Waals surface area contributed by atoms with Gasteiger partial charge in [0.15, 0.2) is 5.65 Å². The van der Waals surface area contributed by atoms with Gasteiger partial charge in [0.2, 0.25) is 5.91 Å². The highest BCUT2D eigenvalue weighted by Crippen LogP contribution is 2.29. The van der Waals surface area contributed by atoms with E-state index in [2.05, 4.69) is 21.5 Å². The third-order valence-electron chi connectivity index (χ3n) is 5.98. The highest BCUT2D eigenvalue weighted by molar-refractivity contribution is 7.08. The van der Waals surface area contributed by atoms with Crippen molar-refractivity contribution < 1.29 is 4.79 Å². The van der Waals surface area contributed by atoms with Gasteiger partial charge in [0.1, 0.15) is 5.82 Å². The van der Waals surface area contributed by atoms with Crippen molar-refractivity contribution in [2.75, 3.05) is 18.4 Å². The zero-order chi connectivity index (χ0) is 22.6. The van der Waals surface area contributed by atoms with E-state index in [1.165, 1.54) is 0 Å². The van der Waals surface area contributed by atoms with Crippen LogP contribution in [0.4, 0.5) is 5.82 Å². The number of carbonyl (C=O) groups is 1. The Hall–Kier alpha value is -3.52. The number of rotatable bonds is 6. The van der Waals surface area contributed by atoms with Crippen LogP contribution in [0.3, 0.4) is 0 Å². The molecule has 7 nitrogen and oxygen atoms in total. The van der Waals surface area contributed by atoms with Crippen LogP contribution >= 0.6 is 11.3 Å². The first kappa shape index (κ1) is 21.3. The van der Waals surface area contributed by atoms with E-state index < -0.39 is 0 Å². The molecule has 0 spiro atoms. The summed E-state index contributed by atoms with van der Waals surface area (Å²) in [5.41, 5.74) is 5.04. The lowest BCUT2D eigenvalue weighted by Gasteiger charge is -2.32. The number of hydrogen-bond acceptors (Lipinski definition) is 6. The molecule has 1 N–H and O–H groups in total. The van der Waals surface area contributed by atoms with Crippen molar-refractivity contribution in [1.29, 1.82) is 0 Å². The Labute approximate surface area is 196 Å². The number of fused-ring (bicyclic) bond motifs is 1. The van der Waals surface area contributed by atoms with Gasteiger partial charge >= 0.3 is 0 Å². The minimum Gasteiger partial charge on any atom is -0.366 e. The van der Waals surface area contributed by atoms with Crippen LogP contribution in [0.15, 0.2) is 59.7 Å². The van der Waals surface area contributed by atoms with Gasteiger partial charge < -0.3 is 10.2 Å². The maximum Gasteiger partial charge on any atom is 0.246 e. The fourth-order valence-corrected chi connectivity index (χ4v) is 4.81. The van der Waals surface area contributed by atoms with Gasteiger partial charge in [-0.3, -0.25) is 9.78 Å². The SMILES string of the molecule is Cc1cnn2c(NCc3cccnc3)cc(C3CCCN(C(=O)/C=C/c4ccsc4)C3)nc12. The van der Waals surface area contributed by atoms with E-state index in [4.69, 9.17) is 4.98 Å². The topological polar surface area (TPSA) is 75.4 Å². The molecule has 5 heterocycles. The molecule has 0 aromatic carbocycles. The molecule has 0 aliphatic carbocycles. The maximum atomic E-state index is 12.8. The van der Waals surface area contributed by atoms with Gasteiger partial charge in [-0.2, -0.15) is 21.0 Å². The molecule has 1 atom stereocenters. The van der Waals surface area contributed by atoms with Gasteiger partial charge in [0, 0.05) is 55.7 Å². The van der Waals surface area contributed by atoms with Crippen molar-refractivity contribution in [2.24, 2.45) is 0 Å². The summed E-state index contributed by atoms with van der Waals surface area (Å²) in [5.74, 6) is 1.14. The quantitative estimate of drug-likeness (QED) is 0.430. The maximum absolute atomic E-state index is 12.8. The average molecular weight is 459 g/mol. The molecule has 0 saturated carbocycles. The first-order chi connectivity index (χ1) is 16.2. The van der Waals surface area contributed by atoms with E-state index >= 15 is 0 Å². The summed E-state index contributed by atoms with van der Waals surface area (Å²) in [4.78, 5) is 23.9. The normalized spacial score (nSPS) is 16.5. The standard InChI is InChI=1S/C25H26N6OS/c1-18-13-28-31-23(27-15-20-4-2-9-26-14-20)12-22(29-25(18)31)21-5-3-10-30(16-21)24(32)7-6-19-8-11-33-17-19/h2,4,6-9,11-14,17,21,27H,3,5,10,15-16H2,1H3/b7-6+. The van der Waals surface area contributed by atoms with Gasteiger partial charge in [-0.25, -0.2) is 4.98 Å². The van der Waals surface area contributed by atoms with E-state index in [-0.39, 0.29) is 11.8 Å². The molecule has 4 aromatic heterocycles. The smallest absolute Gasteiger partial charge is 0.246 e. The van der Waals surface area contributed by atoms with Crippen LogP contribution in [0.1, 0.15) is 41.1 Å². The Morgan fingerprint density at radius 2 is 2.27 bits per heavy atom. The summed E-state index contributed by atoms with van der Waals surface area (Å²) in [7, 11) is 0. The van der Waals surface area contributed by atoms with Crippen LogP contribution in [0.5, 0.6) is 0 Å². The predicted molar refractivity (Wildman–Crippen MR) is 131 cm³/mol. The molecule has 5 rings (SSSR count). The van der Waals surface area contributed by atoms with E-state index in [1.807, 2.05) is 63.8 Å². The predicted octanol–water partition coefficient (Wildman–Crippen LogP) is 4.53. The van der Waals surface area contributed by atoms with Crippen molar-refractivity contribution in [3.8, 4) is 0 Å². The van der Waals surface area contributed by atoms with Crippen LogP contribution in [0.25, 0.3) is 11.7 Å². The number of aromatic nitrogens is 4. The number of nitrogens with zero attached hydrogens (tertiary/aromatic N) is 5. The van der Waals surface area contributed by atoms with Crippen molar-refractivity contribution in [3.05, 3.63) is 82.1 Å². The number of pyridine rings is 1. The fourth-order valence-electron chi connectivity index (χ4n) is 4.18. The van der Waals surface area contributed by atoms with Crippen LogP contribution in [-0.4, -0.2) is 43.5 Å². The number of nitrogens with one attached hydrogen (secondary N) is 1. The Bertz CT molecular complexity index is 1270. The zero-order valence-electron chi connectivity index (χ0n) is 18.5. The van der Waals surface area contributed by atoms with Gasteiger partial charge in [-0.15, -0.1) is 0 Å². The molecule has 1 saturated heterocycles. The van der Waals surface area contributed by atoms with Gasteiger partial charge in [-0.1, -0.05) is 6.07 Å². The van der Waals surface area contributed by atoms with Crippen molar-refractivity contribution in [3.63, 3.8) is 0 Å². The molecule has 1 aliphatic rings. The molecular weight excluding hydrogens is 432 g/mol. The van der Waals surface area contributed by atoms with E-state index in [0.717, 1.165) is 53.2 Å². The second-order valence-corrected chi connectivity index (χ2v) is 9.14. The summed E-state index contributed by atoms with van der Waals surface area (Å²) in [6.07, 6.45) is 11.0. The third-order valence-corrected chi connectivity index (χ3v) is 6.68. The molecule has 0 radical (unpaired) electrons. The highest BCUT2D eigenvalue weighted by Gasteiger charge is 2.26. The lowest BCUT2D eigenvalue weighted by atomic mass is 9.94. The molecule has 1 amide bonds. The van der Waals surface area contributed by atoms with Crippen LogP contribution < -0.4 is 5.32 Å². The number of hydrogen-bond donors (Lipinski definition) is 1. The Kier molecular flexibility index (Phi) is 6.17. The Balaban J connectivity index is 1.37. The number of thiophene rings is 1. The molecule has 0 bridgehead atoms. The molecule has 1 unspecified atom stereocenters. The fraction of sp³-hybridized carbons (Fsp3) is 0.280. The van der Waals surface area contributed by atoms with Crippen molar-refractivity contribution in [1.82, 2.24) is 24.5 Å². The summed E-state index contributed by atoms with van der Waals surface area (Å²) in [6, 6.07) is 8.07. The number of piperidine rings is 1. The van der Waals surface area contributed by atoms with Gasteiger partial charge in [-0.05, 0) is 59.9 Å². The van der Waals surface area contributed by atoms with Crippen LogP contribution in [-0.2, 0) is 11.3 Å². The second-order valence-electron chi connectivity index (χ2n) is 8.36. The molecule has 8 heteroatoms. The van der Waals surface area contributed by atoms with Crippen LogP contribution in [0, 0.1) is 6.92 Å². The van der Waals surface area contributed by atoms with Crippen molar-refractivity contribution >= 4 is 34.8 Å². The number of likely N-dealkylation sites (tertiary alicyclic amines) is 1. The lowest BCUT2D eigenvalue weighted by molar-refractivity contribution is -0.127. The zero-order valence-corrected chi connectivity index (χ0v) is 19.3. The minimum atomic E-state index is 0.0578. The molecule has 4 aromatic rings. The largest absolute Gasteiger partial charge is 0.366 e. The number of anilines is 1. The van der Waals surface area contributed by atoms with Gasteiger partial charge in [0.05, 0.1) is 11.9 Å². The molecule has 1 fully saturated rings. The monoisotopic (exact) mass is 458 g/mol. The number of aryl methyl sites for hydroxylation is 1. The lowest BCUT2D eigenvalue weighted by Crippen LogP contribution is -2.38. The highest BCUT2D eigenvalue weighted by atomic mass is 32.1. The third kappa shape index (κ3) is 4.80. The first-order valence-electron chi connectivity index (χ1n) is 11.1. The number of carbonyl (C=O) groups excluding carboxylic acids is 1. The first-order valence-corrected chi connectivity index (χ1v) is 12.1. The second kappa shape index (κ2) is 9.54. The summed E-state index contributed by atoms with van der Waals surface area (Å²) >= 11 is 1.63. The van der Waals surface area contributed by atoms with Gasteiger partial charge in [0.25, 0.3) is 0 Å². The molecule has 1 aliphatic heterocycles. The molecular formula is C25H26N6OS. The summed E-state index contributed by atoms with van der Waals surface area (Å²) in [5, 5.41) is 12.1. The summed E-state index contributed by atoms with van der Waals surface area (Å²) < 4.78 is 1.85.